The topological polar surface area (TPSA) is 26.3 Å². The first-order valence-corrected chi connectivity index (χ1v) is 4.50. The van der Waals surface area contributed by atoms with Gasteiger partial charge in [-0.1, -0.05) is 18.2 Å². The molecule has 74 valence electrons. The van der Waals surface area contributed by atoms with Crippen LogP contribution in [-0.2, 0) is 0 Å². The van der Waals surface area contributed by atoms with Crippen LogP contribution in [-0.4, -0.2) is 6.29 Å². The second kappa shape index (κ2) is 4.42. The second-order valence-corrected chi connectivity index (χ2v) is 2.93. The van der Waals surface area contributed by atoms with E-state index in [0.717, 1.165) is 0 Å². The Morgan fingerprint density at radius 2 is 1.60 bits per heavy atom. The Kier molecular flexibility index (Phi) is 2.13. The van der Waals surface area contributed by atoms with E-state index in [-0.39, 0.29) is 17.6 Å². The second-order valence-electron chi connectivity index (χ2n) is 2.93. The number of aldehydes is 1. The van der Waals surface area contributed by atoms with Crippen LogP contribution in [0.15, 0.2) is 54.5 Å². The molecule has 2 aromatic rings. The Morgan fingerprint density at radius 1 is 1.00 bits per heavy atom. The Labute approximate surface area is 90.9 Å². The van der Waals surface area contributed by atoms with Crippen LogP contribution in [0.2, 0.25) is 0 Å². The predicted octanol–water partition coefficient (Wildman–Crippen LogP) is 3.29. The summed E-state index contributed by atoms with van der Waals surface area (Å²) in [5.74, 6) is 1.02. The molecule has 0 saturated carbocycles. The highest BCUT2D eigenvalue weighted by Gasteiger charge is 1.95. The number of benzene rings is 2. The smallest absolute Gasteiger partial charge is 0.150 e. The first kappa shape index (κ1) is 7.23. The summed E-state index contributed by atoms with van der Waals surface area (Å²) in [5, 5.41) is 0. The van der Waals surface area contributed by atoms with E-state index in [1.807, 2.05) is 18.2 Å². The molecule has 2 rings (SSSR count). The minimum atomic E-state index is -0.00145. The van der Waals surface area contributed by atoms with Crippen LogP contribution in [0, 0.1) is 0 Å². The molecule has 2 aromatic carbocycles. The molecule has 0 aliphatic carbocycles. The Hall–Kier alpha value is -2.09. The van der Waals surface area contributed by atoms with Gasteiger partial charge in [-0.2, -0.15) is 0 Å². The maximum atomic E-state index is 10.6. The molecular weight excluding hydrogens is 188 g/mol. The maximum absolute atomic E-state index is 10.6. The lowest BCUT2D eigenvalue weighted by Gasteiger charge is -2.04. The molecule has 0 spiro atoms. The van der Waals surface area contributed by atoms with Crippen molar-refractivity contribution in [3.05, 3.63) is 60.1 Å². The lowest BCUT2D eigenvalue weighted by atomic mass is 10.2. The van der Waals surface area contributed by atoms with Crippen LogP contribution < -0.4 is 4.74 Å². The quantitative estimate of drug-likeness (QED) is 0.710. The Balaban J connectivity index is 2.32. The van der Waals surface area contributed by atoms with E-state index in [1.165, 1.54) is 12.1 Å². The fourth-order valence-corrected chi connectivity index (χ4v) is 1.13. The van der Waals surface area contributed by atoms with Crippen molar-refractivity contribution in [3.8, 4) is 11.5 Å². The van der Waals surface area contributed by atoms with Gasteiger partial charge in [0.2, 0.25) is 0 Å². The molecule has 15 heavy (non-hydrogen) atoms. The molecule has 0 bridgehead atoms. The fourth-order valence-electron chi connectivity index (χ4n) is 1.13. The van der Waals surface area contributed by atoms with Crippen LogP contribution in [0.5, 0.6) is 11.5 Å². The summed E-state index contributed by atoms with van der Waals surface area (Å²) >= 11 is 0. The lowest BCUT2D eigenvalue weighted by Crippen LogP contribution is -1.84. The van der Waals surface area contributed by atoms with Gasteiger partial charge in [-0.05, 0) is 36.4 Å². The van der Waals surface area contributed by atoms with E-state index in [2.05, 4.69) is 0 Å². The van der Waals surface area contributed by atoms with Gasteiger partial charge in [-0.25, -0.2) is 0 Å². The first-order valence-electron chi connectivity index (χ1n) is 5.50. The molecular formula is C13H10O2. The Morgan fingerprint density at radius 3 is 2.20 bits per heavy atom. The Bertz CT molecular complexity index is 515. The number of ether oxygens (including phenoxy) is 1. The highest BCUT2D eigenvalue weighted by atomic mass is 16.5. The van der Waals surface area contributed by atoms with E-state index in [1.54, 1.807) is 12.1 Å². The fraction of sp³-hybridized carbons (Fsp3) is 0. The van der Waals surface area contributed by atoms with Crippen LogP contribution in [0.4, 0.5) is 0 Å². The van der Waals surface area contributed by atoms with Gasteiger partial charge in [0.05, 0.1) is 2.74 Å². The number of para-hydroxylation sites is 1. The van der Waals surface area contributed by atoms with Gasteiger partial charge >= 0.3 is 0 Å². The molecule has 0 radical (unpaired) electrons. The average molecular weight is 200 g/mol. The zero-order valence-corrected chi connectivity index (χ0v) is 7.94. The molecule has 0 amide bonds. The minimum Gasteiger partial charge on any atom is -0.457 e. The molecule has 0 aromatic heterocycles. The van der Waals surface area contributed by atoms with Crippen molar-refractivity contribution < 1.29 is 12.3 Å². The number of hydrogen-bond donors (Lipinski definition) is 0. The van der Waals surface area contributed by atoms with Crippen LogP contribution in [0.1, 0.15) is 13.1 Å². The molecule has 0 unspecified atom stereocenters. The van der Waals surface area contributed by atoms with Crippen molar-refractivity contribution in [3.63, 3.8) is 0 Å². The summed E-state index contributed by atoms with van der Waals surface area (Å²) in [6, 6.07) is 11.9. The van der Waals surface area contributed by atoms with Gasteiger partial charge in [-0.3, -0.25) is 4.79 Å². The third-order valence-corrected chi connectivity index (χ3v) is 1.84. The van der Waals surface area contributed by atoms with Gasteiger partial charge in [-0.15, -0.1) is 0 Å². The van der Waals surface area contributed by atoms with E-state index in [4.69, 9.17) is 7.48 Å². The third kappa shape index (κ3) is 2.44. The summed E-state index contributed by atoms with van der Waals surface area (Å²) in [4.78, 5) is 10.6. The van der Waals surface area contributed by atoms with Crippen molar-refractivity contribution in [2.75, 3.05) is 0 Å². The van der Waals surface area contributed by atoms with Gasteiger partial charge in [0.15, 0.2) is 0 Å². The predicted molar refractivity (Wildman–Crippen MR) is 58.3 cm³/mol. The highest BCUT2D eigenvalue weighted by molar-refractivity contribution is 5.74. The summed E-state index contributed by atoms with van der Waals surface area (Å²) in [5.41, 5.74) is 0.0745. The number of carbonyl (C=O) groups is 1. The van der Waals surface area contributed by atoms with Crippen molar-refractivity contribution >= 4 is 6.29 Å². The van der Waals surface area contributed by atoms with Gasteiger partial charge in [0, 0.05) is 5.56 Å². The van der Waals surface area contributed by atoms with Crippen LogP contribution >= 0.6 is 0 Å². The van der Waals surface area contributed by atoms with E-state index < -0.39 is 0 Å². The summed E-state index contributed by atoms with van der Waals surface area (Å²) in [7, 11) is 0. The van der Waals surface area contributed by atoms with E-state index >= 15 is 0 Å². The third-order valence-electron chi connectivity index (χ3n) is 1.84. The standard InChI is InChI=1S/C13H10O2/c14-10-11-6-8-13(9-7-11)15-12-4-2-1-3-5-12/h1-10H/i6D,7D. The number of carbonyl (C=O) groups excluding carboxylic acids is 1. The van der Waals surface area contributed by atoms with E-state index in [0.29, 0.717) is 17.8 Å². The van der Waals surface area contributed by atoms with Crippen LogP contribution in [0.25, 0.3) is 0 Å². The normalized spacial score (nSPS) is 11.5. The van der Waals surface area contributed by atoms with E-state index in [9.17, 15) is 4.79 Å². The van der Waals surface area contributed by atoms with Crippen molar-refractivity contribution in [1.29, 1.82) is 0 Å². The zero-order valence-electron chi connectivity index (χ0n) is 9.94. The minimum absolute atomic E-state index is 0.00145. The maximum Gasteiger partial charge on any atom is 0.150 e. The molecule has 0 saturated heterocycles. The molecule has 2 heteroatoms. The lowest BCUT2D eigenvalue weighted by molar-refractivity contribution is 0.112. The molecule has 0 heterocycles. The molecule has 0 N–H and O–H groups in total. The number of hydrogen-bond acceptors (Lipinski definition) is 2. The van der Waals surface area contributed by atoms with Crippen LogP contribution in [0.3, 0.4) is 0 Å². The molecule has 0 aliphatic heterocycles. The van der Waals surface area contributed by atoms with Gasteiger partial charge in [0.25, 0.3) is 0 Å². The SMILES string of the molecule is [2H]c1cc(Oc2ccccc2)cc([2H])c1C=O. The number of rotatable bonds is 3. The molecule has 0 atom stereocenters. The van der Waals surface area contributed by atoms with Crippen molar-refractivity contribution in [1.82, 2.24) is 0 Å². The molecule has 0 fully saturated rings. The van der Waals surface area contributed by atoms with Crippen molar-refractivity contribution in [2.45, 2.75) is 0 Å². The monoisotopic (exact) mass is 200 g/mol. The first-order chi connectivity index (χ1) is 8.20. The molecule has 2 nitrogen and oxygen atoms in total. The van der Waals surface area contributed by atoms with Gasteiger partial charge < -0.3 is 4.74 Å². The van der Waals surface area contributed by atoms with Crippen molar-refractivity contribution in [2.24, 2.45) is 0 Å². The van der Waals surface area contributed by atoms with Gasteiger partial charge in [0.1, 0.15) is 17.8 Å². The zero-order chi connectivity index (χ0) is 12.3. The summed E-state index contributed by atoms with van der Waals surface area (Å²) < 4.78 is 20.7. The largest absolute Gasteiger partial charge is 0.457 e. The average Bonchev–Trinajstić information content (AvgIpc) is 2.30. The summed E-state index contributed by atoms with van der Waals surface area (Å²) in [6.07, 6.45) is 0.511. The summed E-state index contributed by atoms with van der Waals surface area (Å²) in [6.45, 7) is 0. The highest BCUT2D eigenvalue weighted by Crippen LogP contribution is 2.20. The molecule has 0 aliphatic rings.